The van der Waals surface area contributed by atoms with E-state index in [2.05, 4.69) is 24.5 Å². The zero-order valence-electron chi connectivity index (χ0n) is 21.6. The van der Waals surface area contributed by atoms with Crippen LogP contribution < -0.4 is 9.41 Å². The maximum Gasteiger partial charge on any atom is 4.00 e. The molecular formula is C28H44F2N2O2Zr. The van der Waals surface area contributed by atoms with Crippen molar-refractivity contribution in [3.63, 3.8) is 0 Å². The first kappa shape index (κ1) is 38.2. The predicted octanol–water partition coefficient (Wildman–Crippen LogP) is 2.58. The Bertz CT molecular complexity index is 546. The van der Waals surface area contributed by atoms with Crippen molar-refractivity contribution in [2.24, 2.45) is 0 Å². The van der Waals surface area contributed by atoms with Gasteiger partial charge in [0.1, 0.15) is 0 Å². The Kier molecular flexibility index (Phi) is 33.6. The molecule has 0 radical (unpaired) electrons. The molecule has 0 saturated carbocycles. The summed E-state index contributed by atoms with van der Waals surface area (Å²) in [4.78, 5) is 0. The second-order valence-electron chi connectivity index (χ2n) is 7.78. The summed E-state index contributed by atoms with van der Waals surface area (Å²) in [5.41, 5.74) is 2.20. The third-order valence-corrected chi connectivity index (χ3v) is 4.78. The van der Waals surface area contributed by atoms with Crippen molar-refractivity contribution in [1.82, 2.24) is 0 Å². The Hall–Kier alpha value is -1.30. The van der Waals surface area contributed by atoms with E-state index in [4.69, 9.17) is 9.47 Å². The molecule has 2 fully saturated rings. The number of nitrogens with zero attached hydrogens (tertiary/aromatic N) is 2. The van der Waals surface area contributed by atoms with Crippen LogP contribution in [0.5, 0.6) is 0 Å². The molecule has 0 spiro atoms. The van der Waals surface area contributed by atoms with Gasteiger partial charge in [-0.15, -0.1) is 24.5 Å². The molecule has 2 aliphatic heterocycles. The SMILES string of the molecule is C1CCOC1.C1CCOC1.CCCC[N-]c1ccccc1.CCCC[N-]c1ccccc1.[F-].[F-].[Zr+4]. The van der Waals surface area contributed by atoms with Crippen molar-refractivity contribution in [1.29, 1.82) is 0 Å². The zero-order valence-corrected chi connectivity index (χ0v) is 24.1. The molecule has 0 aliphatic carbocycles. The molecule has 4 nitrogen and oxygen atoms in total. The van der Waals surface area contributed by atoms with Crippen LogP contribution in [0.15, 0.2) is 60.7 Å². The summed E-state index contributed by atoms with van der Waals surface area (Å²) in [6.45, 7) is 10.3. The summed E-state index contributed by atoms with van der Waals surface area (Å²) in [6.07, 6.45) is 9.93. The van der Waals surface area contributed by atoms with Crippen LogP contribution in [0.25, 0.3) is 10.6 Å². The van der Waals surface area contributed by atoms with Gasteiger partial charge in [0.15, 0.2) is 0 Å². The number of para-hydroxylation sites is 2. The van der Waals surface area contributed by atoms with E-state index in [1.54, 1.807) is 0 Å². The molecule has 0 atom stereocenters. The van der Waals surface area contributed by atoms with Gasteiger partial charge in [0.2, 0.25) is 0 Å². The van der Waals surface area contributed by atoms with Gasteiger partial charge in [-0.3, -0.25) is 0 Å². The topological polar surface area (TPSA) is 46.7 Å². The minimum atomic E-state index is 0. The van der Waals surface area contributed by atoms with Crippen molar-refractivity contribution in [3.8, 4) is 0 Å². The van der Waals surface area contributed by atoms with E-state index in [-0.39, 0.29) is 35.6 Å². The number of hydrogen-bond donors (Lipinski definition) is 0. The third kappa shape index (κ3) is 25.6. The summed E-state index contributed by atoms with van der Waals surface area (Å²) >= 11 is 0. The number of rotatable bonds is 8. The van der Waals surface area contributed by atoms with E-state index in [0.717, 1.165) is 50.9 Å². The molecule has 196 valence electrons. The molecule has 4 rings (SSSR count). The monoisotopic (exact) mass is 568 g/mol. The van der Waals surface area contributed by atoms with Gasteiger partial charge in [0.25, 0.3) is 0 Å². The van der Waals surface area contributed by atoms with Gasteiger partial charge < -0.3 is 29.5 Å². The fourth-order valence-electron chi connectivity index (χ4n) is 2.82. The van der Waals surface area contributed by atoms with Crippen LogP contribution in [-0.4, -0.2) is 39.5 Å². The van der Waals surface area contributed by atoms with Crippen molar-refractivity contribution in [3.05, 3.63) is 71.3 Å². The maximum atomic E-state index is 4.94. The first-order valence-electron chi connectivity index (χ1n) is 12.5. The number of hydrogen-bond acceptors (Lipinski definition) is 2. The van der Waals surface area contributed by atoms with Gasteiger partial charge >= 0.3 is 26.2 Å². The van der Waals surface area contributed by atoms with Crippen LogP contribution in [-0.2, 0) is 35.7 Å². The average Bonchev–Trinajstić information content (AvgIpc) is 3.61. The third-order valence-electron chi connectivity index (χ3n) is 4.78. The average molecular weight is 570 g/mol. The van der Waals surface area contributed by atoms with E-state index >= 15 is 0 Å². The van der Waals surface area contributed by atoms with Gasteiger partial charge in [-0.2, -0.15) is 0 Å². The number of ether oxygens (including phenoxy) is 2. The molecule has 2 aromatic carbocycles. The molecule has 2 heterocycles. The summed E-state index contributed by atoms with van der Waals surface area (Å²) in [6, 6.07) is 20.2. The smallest absolute Gasteiger partial charge is 1.00 e. The molecule has 0 aromatic heterocycles. The maximum absolute atomic E-state index is 4.94. The molecule has 0 unspecified atom stereocenters. The molecule has 2 saturated heterocycles. The van der Waals surface area contributed by atoms with Gasteiger partial charge in [-0.05, 0) is 25.7 Å². The van der Waals surface area contributed by atoms with Crippen LogP contribution in [0.4, 0.5) is 11.4 Å². The van der Waals surface area contributed by atoms with E-state index in [9.17, 15) is 0 Å². The van der Waals surface area contributed by atoms with Crippen molar-refractivity contribution in [2.45, 2.75) is 65.2 Å². The van der Waals surface area contributed by atoms with E-state index in [1.807, 2.05) is 60.7 Å². The Morgan fingerprint density at radius 2 is 0.886 bits per heavy atom. The largest absolute Gasteiger partial charge is 4.00 e. The summed E-state index contributed by atoms with van der Waals surface area (Å²) in [7, 11) is 0. The molecular weight excluding hydrogens is 526 g/mol. The second kappa shape index (κ2) is 30.7. The Morgan fingerprint density at radius 3 is 1.11 bits per heavy atom. The first-order valence-corrected chi connectivity index (χ1v) is 12.5. The van der Waals surface area contributed by atoms with Crippen LogP contribution in [0.3, 0.4) is 0 Å². The molecule has 0 N–H and O–H groups in total. The fraction of sp³-hybridized carbons (Fsp3) is 0.571. The van der Waals surface area contributed by atoms with Crippen LogP contribution >= 0.6 is 0 Å². The Balaban J connectivity index is -0.000000400. The Morgan fingerprint density at radius 1 is 0.571 bits per heavy atom. The van der Waals surface area contributed by atoms with Gasteiger partial charge in [-0.1, -0.05) is 100 Å². The van der Waals surface area contributed by atoms with Gasteiger partial charge in [-0.25, -0.2) is 0 Å². The van der Waals surface area contributed by atoms with Crippen LogP contribution in [0.2, 0.25) is 0 Å². The summed E-state index contributed by atoms with van der Waals surface area (Å²) in [5, 5.41) is 8.79. The predicted molar refractivity (Wildman–Crippen MR) is 139 cm³/mol. The number of halogens is 2. The summed E-state index contributed by atoms with van der Waals surface area (Å²) < 4.78 is 9.89. The molecule has 2 aromatic rings. The molecule has 0 amide bonds. The zero-order chi connectivity index (χ0) is 23.0. The Labute approximate surface area is 231 Å². The van der Waals surface area contributed by atoms with Gasteiger partial charge in [0.05, 0.1) is 0 Å². The van der Waals surface area contributed by atoms with Crippen LogP contribution in [0.1, 0.15) is 65.2 Å². The molecule has 35 heavy (non-hydrogen) atoms. The minimum absolute atomic E-state index is 0. The van der Waals surface area contributed by atoms with Crippen molar-refractivity contribution < 1.29 is 45.1 Å². The van der Waals surface area contributed by atoms with E-state index in [0.29, 0.717) is 0 Å². The molecule has 2 aliphatic rings. The summed E-state index contributed by atoms with van der Waals surface area (Å²) in [5.74, 6) is 0. The standard InChI is InChI=1S/2C10H14N.2C4H8O.2FH.Zr/c2*1-2-3-9-11-10-7-5-4-6-8-10;2*1-2-4-5-3-1;;;/h2*4-8H,2-3,9H2,1H3;2*1-4H2;2*1H;/q2*-1;;;;;+4/p-2. The molecule has 0 bridgehead atoms. The second-order valence-corrected chi connectivity index (χ2v) is 7.78. The first-order chi connectivity index (χ1) is 15.9. The normalized spacial score (nSPS) is 12.9. The van der Waals surface area contributed by atoms with Crippen molar-refractivity contribution >= 4 is 11.4 Å². The number of unbranched alkanes of at least 4 members (excludes halogenated alkanes) is 2. The molecule has 7 heteroatoms. The van der Waals surface area contributed by atoms with E-state index < -0.39 is 0 Å². The van der Waals surface area contributed by atoms with Crippen molar-refractivity contribution in [2.75, 3.05) is 39.5 Å². The number of benzene rings is 2. The minimum Gasteiger partial charge on any atom is -1.00 e. The van der Waals surface area contributed by atoms with Gasteiger partial charge in [0, 0.05) is 26.4 Å². The quantitative estimate of drug-likeness (QED) is 0.459. The van der Waals surface area contributed by atoms with Crippen LogP contribution in [0, 0.1) is 0 Å². The fourth-order valence-corrected chi connectivity index (χ4v) is 2.82. The van der Waals surface area contributed by atoms with E-state index in [1.165, 1.54) is 51.4 Å².